The highest BCUT2D eigenvalue weighted by Gasteiger charge is 2.30. The Morgan fingerprint density at radius 2 is 2.00 bits per heavy atom. The van der Waals surface area contributed by atoms with Gasteiger partial charge >= 0.3 is 6.18 Å². The lowest BCUT2D eigenvalue weighted by atomic mass is 10.1. The predicted octanol–water partition coefficient (Wildman–Crippen LogP) is 4.20. The molecule has 0 spiro atoms. The maximum Gasteiger partial charge on any atom is 0.416 e. The van der Waals surface area contributed by atoms with Crippen LogP contribution in [0.4, 0.5) is 13.2 Å². The molecule has 0 unspecified atom stereocenters. The van der Waals surface area contributed by atoms with Gasteiger partial charge in [-0.3, -0.25) is 4.40 Å². The minimum absolute atomic E-state index is 0.418. The van der Waals surface area contributed by atoms with E-state index >= 15 is 0 Å². The van der Waals surface area contributed by atoms with Crippen LogP contribution in [-0.2, 0) is 6.18 Å². The fourth-order valence-corrected chi connectivity index (χ4v) is 2.41. The van der Waals surface area contributed by atoms with Crippen molar-refractivity contribution in [3.63, 3.8) is 0 Å². The van der Waals surface area contributed by atoms with Crippen molar-refractivity contribution in [2.24, 2.45) is 0 Å². The fraction of sp³-hybridized carbons (Fsp3) is 0.125. The third-order valence-electron chi connectivity index (χ3n) is 3.46. The van der Waals surface area contributed by atoms with Gasteiger partial charge in [-0.15, -0.1) is 0 Å². The molecule has 1 aromatic carbocycles. The van der Waals surface area contributed by atoms with Crippen LogP contribution in [0.15, 0.2) is 42.7 Å². The Bertz CT molecular complexity index is 901. The predicted molar refractivity (Wildman–Crippen MR) is 75.1 cm³/mol. The van der Waals surface area contributed by atoms with Crippen LogP contribution in [-0.4, -0.2) is 9.38 Å². The quantitative estimate of drug-likeness (QED) is 0.676. The summed E-state index contributed by atoms with van der Waals surface area (Å²) in [6.07, 6.45) is -1.20. The Kier molecular flexibility index (Phi) is 3.14. The number of alkyl halides is 3. The molecule has 0 amide bonds. The summed E-state index contributed by atoms with van der Waals surface area (Å²) in [5.41, 5.74) is 1.86. The van der Waals surface area contributed by atoms with Gasteiger partial charge in [0.25, 0.3) is 0 Å². The van der Waals surface area contributed by atoms with Crippen molar-refractivity contribution in [3.8, 4) is 17.3 Å². The first-order chi connectivity index (χ1) is 10.4. The lowest BCUT2D eigenvalue weighted by Crippen LogP contribution is -2.05. The van der Waals surface area contributed by atoms with Crippen molar-refractivity contribution in [1.29, 1.82) is 5.26 Å². The first-order valence-electron chi connectivity index (χ1n) is 6.46. The van der Waals surface area contributed by atoms with Gasteiger partial charge in [-0.1, -0.05) is 12.1 Å². The van der Waals surface area contributed by atoms with E-state index in [1.807, 2.05) is 0 Å². The smallest absolute Gasteiger partial charge is 0.300 e. The summed E-state index contributed by atoms with van der Waals surface area (Å²) in [6.45, 7) is 1.77. The molecule has 0 atom stereocenters. The molecule has 2 aromatic heterocycles. The van der Waals surface area contributed by atoms with Gasteiger partial charge < -0.3 is 0 Å². The molecule has 0 saturated heterocycles. The van der Waals surface area contributed by atoms with Gasteiger partial charge in [-0.2, -0.15) is 18.4 Å². The van der Waals surface area contributed by atoms with Gasteiger partial charge in [0.15, 0.2) is 5.65 Å². The van der Waals surface area contributed by atoms with Gasteiger partial charge in [-0.05, 0) is 36.2 Å². The maximum absolute atomic E-state index is 12.9. The van der Waals surface area contributed by atoms with E-state index in [1.54, 1.807) is 29.7 Å². The van der Waals surface area contributed by atoms with Crippen LogP contribution < -0.4 is 0 Å². The average Bonchev–Trinajstić information content (AvgIpc) is 2.81. The SMILES string of the molecule is Cc1cn2c(-c3cccc(C(F)(F)F)c3)ccnc2c1C#N. The van der Waals surface area contributed by atoms with Crippen LogP contribution >= 0.6 is 0 Å². The highest BCUT2D eigenvalue weighted by atomic mass is 19.4. The largest absolute Gasteiger partial charge is 0.416 e. The highest BCUT2D eigenvalue weighted by molar-refractivity contribution is 5.69. The second kappa shape index (κ2) is 4.88. The molecule has 22 heavy (non-hydrogen) atoms. The molecule has 3 nitrogen and oxygen atoms in total. The van der Waals surface area contributed by atoms with Crippen molar-refractivity contribution in [2.75, 3.05) is 0 Å². The lowest BCUT2D eigenvalue weighted by Gasteiger charge is -2.10. The summed E-state index contributed by atoms with van der Waals surface area (Å²) in [6, 6.07) is 8.79. The number of nitrogens with zero attached hydrogens (tertiary/aromatic N) is 3. The van der Waals surface area contributed by atoms with Crippen LogP contribution in [0.25, 0.3) is 16.9 Å². The van der Waals surface area contributed by atoms with Crippen molar-refractivity contribution >= 4 is 5.65 Å². The van der Waals surface area contributed by atoms with Gasteiger partial charge in [0.2, 0.25) is 0 Å². The Hall–Kier alpha value is -2.81. The summed E-state index contributed by atoms with van der Waals surface area (Å²) in [7, 11) is 0. The zero-order valence-electron chi connectivity index (χ0n) is 11.5. The molecule has 2 heterocycles. The molecule has 0 fully saturated rings. The first-order valence-corrected chi connectivity index (χ1v) is 6.46. The summed E-state index contributed by atoms with van der Waals surface area (Å²) < 4.78 is 40.2. The zero-order chi connectivity index (χ0) is 15.9. The van der Waals surface area contributed by atoms with Crippen LogP contribution in [0.5, 0.6) is 0 Å². The molecule has 3 aromatic rings. The Balaban J connectivity index is 2.26. The molecular formula is C16H10F3N3. The number of hydrogen-bond acceptors (Lipinski definition) is 2. The summed E-state index contributed by atoms with van der Waals surface area (Å²) in [5.74, 6) is 0. The van der Waals surface area contributed by atoms with Crippen molar-refractivity contribution in [1.82, 2.24) is 9.38 Å². The molecule has 0 radical (unpaired) electrons. The molecule has 3 rings (SSSR count). The van der Waals surface area contributed by atoms with Crippen LogP contribution in [0.3, 0.4) is 0 Å². The van der Waals surface area contributed by atoms with E-state index in [-0.39, 0.29) is 0 Å². The van der Waals surface area contributed by atoms with Crippen LogP contribution in [0.2, 0.25) is 0 Å². The molecule has 0 saturated carbocycles. The van der Waals surface area contributed by atoms with Crippen molar-refractivity contribution in [2.45, 2.75) is 13.1 Å². The number of benzene rings is 1. The molecular weight excluding hydrogens is 291 g/mol. The standard InChI is InChI=1S/C16H10F3N3/c1-10-9-22-14(5-6-21-15(22)13(10)8-20)11-3-2-4-12(7-11)16(17,18)19/h2-7,9H,1H3. The maximum atomic E-state index is 12.9. The van der Waals surface area contributed by atoms with E-state index in [4.69, 9.17) is 5.26 Å². The molecule has 0 aliphatic carbocycles. The zero-order valence-corrected chi connectivity index (χ0v) is 11.5. The molecule has 0 N–H and O–H groups in total. The molecule has 6 heteroatoms. The minimum Gasteiger partial charge on any atom is -0.300 e. The molecule has 110 valence electrons. The number of rotatable bonds is 1. The van der Waals surface area contributed by atoms with Gasteiger partial charge in [-0.25, -0.2) is 4.98 Å². The monoisotopic (exact) mass is 301 g/mol. The van der Waals surface area contributed by atoms with E-state index in [1.165, 1.54) is 12.3 Å². The van der Waals surface area contributed by atoms with E-state index in [9.17, 15) is 13.2 Å². The number of nitriles is 1. The number of hydrogen-bond donors (Lipinski definition) is 0. The van der Waals surface area contributed by atoms with Crippen molar-refractivity contribution in [3.05, 3.63) is 59.4 Å². The van der Waals surface area contributed by atoms with Gasteiger partial charge in [0.1, 0.15) is 6.07 Å². The molecule has 0 aliphatic heterocycles. The Morgan fingerprint density at radius 1 is 1.23 bits per heavy atom. The van der Waals surface area contributed by atoms with Gasteiger partial charge in [0.05, 0.1) is 16.8 Å². The first kappa shape index (κ1) is 14.1. The second-order valence-electron chi connectivity index (χ2n) is 4.90. The lowest BCUT2D eigenvalue weighted by molar-refractivity contribution is -0.137. The Morgan fingerprint density at radius 3 is 2.68 bits per heavy atom. The summed E-state index contributed by atoms with van der Waals surface area (Å²) in [4.78, 5) is 4.15. The van der Waals surface area contributed by atoms with E-state index in [2.05, 4.69) is 11.1 Å². The number of halogens is 3. The summed E-state index contributed by atoms with van der Waals surface area (Å²) in [5, 5.41) is 9.17. The van der Waals surface area contributed by atoms with E-state index < -0.39 is 11.7 Å². The third kappa shape index (κ3) is 2.21. The molecule has 0 aliphatic rings. The second-order valence-corrected chi connectivity index (χ2v) is 4.90. The topological polar surface area (TPSA) is 41.1 Å². The number of fused-ring (bicyclic) bond motifs is 1. The normalized spacial score (nSPS) is 11.6. The third-order valence-corrected chi connectivity index (χ3v) is 3.46. The average molecular weight is 301 g/mol. The summed E-state index contributed by atoms with van der Waals surface area (Å²) >= 11 is 0. The highest BCUT2D eigenvalue weighted by Crippen LogP contribution is 2.32. The van der Waals surface area contributed by atoms with Crippen LogP contribution in [0.1, 0.15) is 16.7 Å². The number of aryl methyl sites for hydroxylation is 1. The van der Waals surface area contributed by atoms with Gasteiger partial charge in [0, 0.05) is 12.4 Å². The fourth-order valence-electron chi connectivity index (χ4n) is 2.41. The van der Waals surface area contributed by atoms with Crippen LogP contribution in [0, 0.1) is 18.3 Å². The number of aromatic nitrogens is 2. The Labute approximate surface area is 124 Å². The van der Waals surface area contributed by atoms with E-state index in [0.717, 1.165) is 17.7 Å². The van der Waals surface area contributed by atoms with Crippen molar-refractivity contribution < 1.29 is 13.2 Å². The molecule has 0 bridgehead atoms. The van der Waals surface area contributed by atoms with E-state index in [0.29, 0.717) is 22.5 Å². The minimum atomic E-state index is -4.40.